The van der Waals surface area contributed by atoms with E-state index in [2.05, 4.69) is 34.5 Å². The van der Waals surface area contributed by atoms with Crippen molar-refractivity contribution in [2.45, 2.75) is 11.0 Å². The van der Waals surface area contributed by atoms with Crippen molar-refractivity contribution in [1.82, 2.24) is 0 Å². The molecule has 2 aliphatic rings. The Kier molecular flexibility index (Phi) is 6.27. The normalized spacial score (nSPS) is 18.3. The van der Waals surface area contributed by atoms with Gasteiger partial charge in [-0.15, -0.1) is 23.5 Å². The minimum Gasteiger partial charge on any atom is -0.378 e. The SMILES string of the molecule is O=C(Nc1ccc(N2CCOCC2)cc1)c1ccc(C2SCCCS2)cc1. The molecule has 2 fully saturated rings. The standard InChI is InChI=1S/C21H24N2O2S2/c24-20(16-2-4-17(5-3-16)21-26-14-1-15-27-21)22-18-6-8-19(9-7-18)23-10-12-25-13-11-23/h2-9,21H,1,10-15H2,(H,22,24). The molecule has 0 radical (unpaired) electrons. The van der Waals surface area contributed by atoms with Crippen LogP contribution >= 0.6 is 23.5 Å². The Morgan fingerprint density at radius 1 is 0.963 bits per heavy atom. The predicted octanol–water partition coefficient (Wildman–Crippen LogP) is 4.64. The molecule has 0 unspecified atom stereocenters. The van der Waals surface area contributed by atoms with Crippen molar-refractivity contribution in [2.75, 3.05) is 48.0 Å². The van der Waals surface area contributed by atoms with E-state index in [1.54, 1.807) is 0 Å². The van der Waals surface area contributed by atoms with E-state index in [1.165, 1.54) is 29.2 Å². The fourth-order valence-electron chi connectivity index (χ4n) is 3.25. The maximum absolute atomic E-state index is 12.5. The number of anilines is 2. The van der Waals surface area contributed by atoms with Crippen LogP contribution in [0.2, 0.25) is 0 Å². The first-order valence-electron chi connectivity index (χ1n) is 9.37. The van der Waals surface area contributed by atoms with Gasteiger partial charge in [0.25, 0.3) is 5.91 Å². The van der Waals surface area contributed by atoms with Gasteiger partial charge in [-0.2, -0.15) is 0 Å². The highest BCUT2D eigenvalue weighted by atomic mass is 32.2. The number of rotatable bonds is 4. The number of benzene rings is 2. The Balaban J connectivity index is 1.36. The van der Waals surface area contributed by atoms with Crippen LogP contribution in [0.1, 0.15) is 26.9 Å². The zero-order valence-electron chi connectivity index (χ0n) is 15.2. The average Bonchev–Trinajstić information content (AvgIpc) is 2.76. The Morgan fingerprint density at radius 3 is 2.30 bits per heavy atom. The molecule has 0 bridgehead atoms. The van der Waals surface area contributed by atoms with E-state index in [9.17, 15) is 4.79 Å². The summed E-state index contributed by atoms with van der Waals surface area (Å²) in [7, 11) is 0. The summed E-state index contributed by atoms with van der Waals surface area (Å²) in [6, 6.07) is 16.1. The largest absolute Gasteiger partial charge is 0.378 e. The molecular formula is C21H24N2O2S2. The molecule has 2 heterocycles. The molecule has 4 rings (SSSR count). The molecule has 0 aromatic heterocycles. The van der Waals surface area contributed by atoms with Crippen LogP contribution in [0, 0.1) is 0 Å². The van der Waals surface area contributed by atoms with Gasteiger partial charge in [0.15, 0.2) is 0 Å². The highest BCUT2D eigenvalue weighted by molar-refractivity contribution is 8.16. The van der Waals surface area contributed by atoms with Crippen LogP contribution in [0.15, 0.2) is 48.5 Å². The molecule has 27 heavy (non-hydrogen) atoms. The molecule has 1 N–H and O–H groups in total. The Bertz CT molecular complexity index is 753. The van der Waals surface area contributed by atoms with E-state index < -0.39 is 0 Å². The lowest BCUT2D eigenvalue weighted by Crippen LogP contribution is -2.36. The van der Waals surface area contributed by atoms with Gasteiger partial charge in [0.2, 0.25) is 0 Å². The van der Waals surface area contributed by atoms with E-state index in [0.29, 0.717) is 10.1 Å². The van der Waals surface area contributed by atoms with Gasteiger partial charge in [-0.25, -0.2) is 0 Å². The number of nitrogens with zero attached hydrogens (tertiary/aromatic N) is 1. The lowest BCUT2D eigenvalue weighted by molar-refractivity contribution is 0.102. The Hall–Kier alpha value is -1.63. The fraction of sp³-hybridized carbons (Fsp3) is 0.381. The molecule has 2 saturated heterocycles. The summed E-state index contributed by atoms with van der Waals surface area (Å²) in [5, 5.41) is 2.99. The molecule has 2 aromatic rings. The number of hydrogen-bond donors (Lipinski definition) is 1. The van der Waals surface area contributed by atoms with Crippen molar-refractivity contribution in [3.8, 4) is 0 Å². The average molecular weight is 401 g/mol. The molecule has 0 atom stereocenters. The molecule has 6 heteroatoms. The first kappa shape index (κ1) is 18.7. The van der Waals surface area contributed by atoms with Crippen LogP contribution in [0.5, 0.6) is 0 Å². The molecular weight excluding hydrogens is 376 g/mol. The minimum atomic E-state index is -0.0652. The van der Waals surface area contributed by atoms with E-state index in [1.807, 2.05) is 47.8 Å². The minimum absolute atomic E-state index is 0.0652. The number of carbonyl (C=O) groups is 1. The number of thioether (sulfide) groups is 2. The lowest BCUT2D eigenvalue weighted by Gasteiger charge is -2.28. The maximum atomic E-state index is 12.5. The summed E-state index contributed by atoms with van der Waals surface area (Å²) < 4.78 is 5.90. The molecule has 2 aliphatic heterocycles. The first-order chi connectivity index (χ1) is 13.3. The quantitative estimate of drug-likeness (QED) is 0.809. The molecule has 4 nitrogen and oxygen atoms in total. The maximum Gasteiger partial charge on any atom is 0.255 e. The smallest absolute Gasteiger partial charge is 0.255 e. The zero-order chi connectivity index (χ0) is 18.5. The number of morpholine rings is 1. The van der Waals surface area contributed by atoms with Gasteiger partial charge in [0, 0.05) is 30.0 Å². The van der Waals surface area contributed by atoms with Crippen LogP contribution in [-0.4, -0.2) is 43.7 Å². The number of nitrogens with one attached hydrogen (secondary N) is 1. The monoisotopic (exact) mass is 400 g/mol. The fourth-order valence-corrected chi connectivity index (χ4v) is 6.15. The van der Waals surface area contributed by atoms with Crippen LogP contribution in [-0.2, 0) is 4.74 Å². The van der Waals surface area contributed by atoms with E-state index >= 15 is 0 Å². The second-order valence-electron chi connectivity index (χ2n) is 6.65. The summed E-state index contributed by atoms with van der Waals surface area (Å²) in [5.74, 6) is 2.38. The summed E-state index contributed by atoms with van der Waals surface area (Å²) in [5.41, 5.74) is 3.99. The third kappa shape index (κ3) is 4.81. The molecule has 1 amide bonds. The van der Waals surface area contributed by atoms with E-state index in [0.717, 1.165) is 32.0 Å². The van der Waals surface area contributed by atoms with Crippen molar-refractivity contribution >= 4 is 40.8 Å². The number of amides is 1. The number of carbonyl (C=O) groups excluding carboxylic acids is 1. The highest BCUT2D eigenvalue weighted by Crippen LogP contribution is 2.43. The lowest BCUT2D eigenvalue weighted by atomic mass is 10.1. The van der Waals surface area contributed by atoms with E-state index in [-0.39, 0.29) is 5.91 Å². The van der Waals surface area contributed by atoms with Crippen LogP contribution in [0.25, 0.3) is 0 Å². The first-order valence-corrected chi connectivity index (χ1v) is 11.5. The molecule has 0 aliphatic carbocycles. The highest BCUT2D eigenvalue weighted by Gasteiger charge is 2.17. The van der Waals surface area contributed by atoms with Gasteiger partial charge in [0.1, 0.15) is 0 Å². The summed E-state index contributed by atoms with van der Waals surface area (Å²) in [4.78, 5) is 14.8. The van der Waals surface area contributed by atoms with Crippen molar-refractivity contribution < 1.29 is 9.53 Å². The van der Waals surface area contributed by atoms with Crippen LogP contribution in [0.3, 0.4) is 0 Å². The molecule has 0 spiro atoms. The predicted molar refractivity (Wildman–Crippen MR) is 116 cm³/mol. The van der Waals surface area contributed by atoms with Gasteiger partial charge < -0.3 is 15.0 Å². The third-order valence-electron chi connectivity index (χ3n) is 4.77. The van der Waals surface area contributed by atoms with E-state index in [4.69, 9.17) is 4.74 Å². The van der Waals surface area contributed by atoms with Crippen LogP contribution < -0.4 is 10.2 Å². The third-order valence-corrected chi connectivity index (χ3v) is 7.79. The summed E-state index contributed by atoms with van der Waals surface area (Å²) >= 11 is 3.99. The van der Waals surface area contributed by atoms with Gasteiger partial charge in [-0.1, -0.05) is 12.1 Å². The molecule has 0 saturated carbocycles. The Labute approximate surface area is 169 Å². The summed E-state index contributed by atoms with van der Waals surface area (Å²) in [6.45, 7) is 3.37. The van der Waals surface area contributed by atoms with Crippen molar-refractivity contribution in [2.24, 2.45) is 0 Å². The number of hydrogen-bond acceptors (Lipinski definition) is 5. The van der Waals surface area contributed by atoms with Crippen molar-refractivity contribution in [3.05, 3.63) is 59.7 Å². The Morgan fingerprint density at radius 2 is 1.63 bits per heavy atom. The van der Waals surface area contributed by atoms with Gasteiger partial charge in [-0.3, -0.25) is 4.79 Å². The van der Waals surface area contributed by atoms with Crippen molar-refractivity contribution in [3.63, 3.8) is 0 Å². The molecule has 2 aromatic carbocycles. The second kappa shape index (κ2) is 9.04. The van der Waals surface area contributed by atoms with Crippen LogP contribution in [0.4, 0.5) is 11.4 Å². The van der Waals surface area contributed by atoms with Gasteiger partial charge in [0.05, 0.1) is 17.8 Å². The van der Waals surface area contributed by atoms with Gasteiger partial charge in [-0.05, 0) is 59.9 Å². The summed E-state index contributed by atoms with van der Waals surface area (Å²) in [6.07, 6.45) is 1.29. The second-order valence-corrected chi connectivity index (χ2v) is 9.37. The van der Waals surface area contributed by atoms with Crippen molar-refractivity contribution in [1.29, 1.82) is 0 Å². The zero-order valence-corrected chi connectivity index (χ0v) is 16.9. The van der Waals surface area contributed by atoms with Gasteiger partial charge >= 0.3 is 0 Å². The number of ether oxygens (including phenoxy) is 1. The molecule has 142 valence electrons. The topological polar surface area (TPSA) is 41.6 Å².